The molecule has 0 bridgehead atoms. The summed E-state index contributed by atoms with van der Waals surface area (Å²) in [5, 5.41) is 0. The number of nitrogens with zero attached hydrogens (tertiary/aromatic N) is 3. The van der Waals surface area contributed by atoms with Gasteiger partial charge in [-0.1, -0.05) is 18.2 Å². The molecule has 26 heavy (non-hydrogen) atoms. The molecule has 3 rings (SSSR count). The summed E-state index contributed by atoms with van der Waals surface area (Å²) in [4.78, 5) is 9.45. The maximum Gasteiger partial charge on any atom is 0.423 e. The zero-order valence-electron chi connectivity index (χ0n) is 13.5. The molecule has 0 atom stereocenters. The van der Waals surface area contributed by atoms with Crippen molar-refractivity contribution in [2.45, 2.75) is 6.18 Å². The average Bonchev–Trinajstić information content (AvgIpc) is 2.61. The Hall–Kier alpha value is -2.36. The van der Waals surface area contributed by atoms with Crippen LogP contribution in [0.4, 0.5) is 24.8 Å². The van der Waals surface area contributed by atoms with Crippen molar-refractivity contribution < 1.29 is 17.9 Å². The van der Waals surface area contributed by atoms with Crippen molar-refractivity contribution in [3.8, 4) is 11.6 Å². The van der Waals surface area contributed by atoms with Crippen LogP contribution in [0, 0.1) is 3.57 Å². The quantitative estimate of drug-likeness (QED) is 0.461. The Balaban J connectivity index is 2.00. The van der Waals surface area contributed by atoms with E-state index in [1.165, 1.54) is 0 Å². The Morgan fingerprint density at radius 1 is 1.00 bits per heavy atom. The van der Waals surface area contributed by atoms with Gasteiger partial charge in [0, 0.05) is 22.5 Å². The lowest BCUT2D eigenvalue weighted by Gasteiger charge is -2.19. The molecule has 134 valence electrons. The van der Waals surface area contributed by atoms with Gasteiger partial charge in [0.05, 0.1) is 0 Å². The van der Waals surface area contributed by atoms with Crippen molar-refractivity contribution in [2.24, 2.45) is 0 Å². The highest BCUT2D eigenvalue weighted by atomic mass is 127. The van der Waals surface area contributed by atoms with Gasteiger partial charge >= 0.3 is 6.18 Å². The summed E-state index contributed by atoms with van der Waals surface area (Å²) >= 11 is 2.17. The van der Waals surface area contributed by atoms with Gasteiger partial charge in [0.15, 0.2) is 0 Å². The molecule has 1 heterocycles. The molecule has 0 saturated carbocycles. The van der Waals surface area contributed by atoms with Crippen molar-refractivity contribution in [1.29, 1.82) is 0 Å². The summed E-state index contributed by atoms with van der Waals surface area (Å²) in [6.07, 6.45) is -3.88. The summed E-state index contributed by atoms with van der Waals surface area (Å²) in [5.74, 6) is -0.171. The van der Waals surface area contributed by atoms with Crippen LogP contribution in [0.5, 0.6) is 11.6 Å². The first-order valence-electron chi connectivity index (χ1n) is 7.51. The lowest BCUT2D eigenvalue weighted by Crippen LogP contribution is -2.16. The number of halogens is 4. The molecule has 0 saturated heterocycles. The van der Waals surface area contributed by atoms with Crippen LogP contribution < -0.4 is 9.64 Å². The number of aromatic nitrogens is 2. The van der Waals surface area contributed by atoms with E-state index < -0.39 is 17.6 Å². The number of alkyl halides is 3. The first-order chi connectivity index (χ1) is 12.3. The number of hydrogen-bond donors (Lipinski definition) is 0. The van der Waals surface area contributed by atoms with Crippen molar-refractivity contribution in [3.63, 3.8) is 0 Å². The second-order valence-corrected chi connectivity index (χ2v) is 6.58. The third-order valence-electron chi connectivity index (χ3n) is 3.52. The lowest BCUT2D eigenvalue weighted by atomic mass is 10.3. The van der Waals surface area contributed by atoms with Crippen molar-refractivity contribution >= 4 is 34.2 Å². The fourth-order valence-corrected chi connectivity index (χ4v) is 2.53. The molecular formula is C18H13F3IN3O. The molecule has 0 amide bonds. The fourth-order valence-electron chi connectivity index (χ4n) is 2.17. The van der Waals surface area contributed by atoms with E-state index in [1.54, 1.807) is 42.3 Å². The monoisotopic (exact) mass is 471 g/mol. The highest BCUT2D eigenvalue weighted by Gasteiger charge is 2.36. The number of anilines is 2. The van der Waals surface area contributed by atoms with E-state index >= 15 is 0 Å². The molecule has 0 spiro atoms. The topological polar surface area (TPSA) is 38.2 Å². The first kappa shape index (κ1) is 18.4. The number of para-hydroxylation sites is 1. The lowest BCUT2D eigenvalue weighted by molar-refractivity contribution is -0.139. The molecular weight excluding hydrogens is 458 g/mol. The summed E-state index contributed by atoms with van der Waals surface area (Å²) in [6.45, 7) is 0. The van der Waals surface area contributed by atoms with Crippen LogP contribution in [0.2, 0.25) is 0 Å². The van der Waals surface area contributed by atoms with E-state index in [-0.39, 0.29) is 11.7 Å². The highest BCUT2D eigenvalue weighted by molar-refractivity contribution is 14.1. The van der Waals surface area contributed by atoms with Gasteiger partial charge in [0.1, 0.15) is 11.3 Å². The van der Waals surface area contributed by atoms with Crippen molar-refractivity contribution in [3.05, 3.63) is 69.9 Å². The molecule has 1 aromatic heterocycles. The van der Waals surface area contributed by atoms with E-state index in [2.05, 4.69) is 32.6 Å². The summed E-state index contributed by atoms with van der Waals surface area (Å²) < 4.78 is 46.3. The van der Waals surface area contributed by atoms with Crippen LogP contribution in [-0.4, -0.2) is 17.0 Å². The van der Waals surface area contributed by atoms with Gasteiger partial charge in [0.25, 0.3) is 0 Å². The number of benzene rings is 2. The fraction of sp³-hybridized carbons (Fsp3) is 0.111. The minimum Gasteiger partial charge on any atom is -0.438 e. The molecule has 0 fully saturated rings. The molecule has 0 unspecified atom stereocenters. The van der Waals surface area contributed by atoms with Gasteiger partial charge in [0.2, 0.25) is 11.8 Å². The van der Waals surface area contributed by atoms with E-state index in [0.29, 0.717) is 0 Å². The first-order valence-corrected chi connectivity index (χ1v) is 8.59. The third kappa shape index (κ3) is 4.24. The predicted molar refractivity (Wildman–Crippen MR) is 101 cm³/mol. The Kier molecular flexibility index (Phi) is 5.30. The maximum atomic E-state index is 13.3. The van der Waals surface area contributed by atoms with E-state index in [0.717, 1.165) is 15.5 Å². The van der Waals surface area contributed by atoms with Gasteiger partial charge in [-0.25, -0.2) is 4.98 Å². The normalized spacial score (nSPS) is 11.3. The second-order valence-electron chi connectivity index (χ2n) is 5.34. The molecule has 0 aliphatic rings. The van der Waals surface area contributed by atoms with Gasteiger partial charge in [-0.05, 0) is 59.0 Å². The van der Waals surface area contributed by atoms with Crippen LogP contribution in [0.3, 0.4) is 0 Å². The Bertz CT molecular complexity index is 886. The zero-order valence-corrected chi connectivity index (χ0v) is 15.7. The van der Waals surface area contributed by atoms with Gasteiger partial charge < -0.3 is 9.64 Å². The molecule has 4 nitrogen and oxygen atoms in total. The number of hydrogen-bond acceptors (Lipinski definition) is 4. The smallest absolute Gasteiger partial charge is 0.423 e. The van der Waals surface area contributed by atoms with Crippen LogP contribution in [-0.2, 0) is 6.18 Å². The average molecular weight is 471 g/mol. The van der Waals surface area contributed by atoms with E-state index in [9.17, 15) is 13.2 Å². The Morgan fingerprint density at radius 3 is 2.27 bits per heavy atom. The molecule has 0 N–H and O–H groups in total. The SMILES string of the molecule is CN(c1ccc(I)cc1)c1ncc(C(F)(F)F)c(Oc2ccccc2)n1. The van der Waals surface area contributed by atoms with Crippen LogP contribution in [0.25, 0.3) is 0 Å². The molecule has 2 aromatic carbocycles. The standard InChI is InChI=1S/C18H13F3IN3O/c1-25(13-9-7-12(22)8-10-13)17-23-11-15(18(19,20)21)16(24-17)26-14-5-3-2-4-6-14/h2-11H,1H3. The minimum atomic E-state index is -4.62. The molecule has 0 radical (unpaired) electrons. The Labute approximate surface area is 161 Å². The number of ether oxygens (including phenoxy) is 1. The Morgan fingerprint density at radius 2 is 1.65 bits per heavy atom. The molecule has 0 aliphatic carbocycles. The van der Waals surface area contributed by atoms with Gasteiger partial charge in [-0.2, -0.15) is 18.2 Å². The zero-order chi connectivity index (χ0) is 18.7. The third-order valence-corrected chi connectivity index (χ3v) is 4.24. The highest BCUT2D eigenvalue weighted by Crippen LogP contribution is 2.37. The predicted octanol–water partition coefficient (Wildman–Crippen LogP) is 5.66. The van der Waals surface area contributed by atoms with Gasteiger partial charge in [-0.15, -0.1) is 0 Å². The maximum absolute atomic E-state index is 13.3. The summed E-state index contributed by atoms with van der Waals surface area (Å²) in [6, 6.07) is 15.6. The van der Waals surface area contributed by atoms with Crippen molar-refractivity contribution in [1.82, 2.24) is 9.97 Å². The largest absolute Gasteiger partial charge is 0.438 e. The summed E-state index contributed by atoms with van der Waals surface area (Å²) in [7, 11) is 1.68. The molecule has 3 aromatic rings. The van der Waals surface area contributed by atoms with Crippen LogP contribution in [0.1, 0.15) is 5.56 Å². The van der Waals surface area contributed by atoms with Crippen LogP contribution in [0.15, 0.2) is 60.8 Å². The van der Waals surface area contributed by atoms with Crippen LogP contribution >= 0.6 is 22.6 Å². The van der Waals surface area contributed by atoms with E-state index in [1.807, 2.05) is 24.3 Å². The molecule has 8 heteroatoms. The van der Waals surface area contributed by atoms with Crippen molar-refractivity contribution in [2.75, 3.05) is 11.9 Å². The summed E-state index contributed by atoms with van der Waals surface area (Å²) in [5.41, 5.74) is -0.281. The number of rotatable bonds is 4. The second kappa shape index (κ2) is 7.48. The van der Waals surface area contributed by atoms with E-state index in [4.69, 9.17) is 4.74 Å². The molecule has 0 aliphatic heterocycles. The van der Waals surface area contributed by atoms with Gasteiger partial charge in [-0.3, -0.25) is 0 Å². The minimum absolute atomic E-state index is 0.102.